The average Bonchev–Trinajstić information content (AvgIpc) is 3.14. The number of ether oxygens (including phenoxy) is 1. The second-order valence-corrected chi connectivity index (χ2v) is 8.42. The molecule has 1 aliphatic carbocycles. The maximum absolute atomic E-state index is 12.4. The van der Waals surface area contributed by atoms with Crippen molar-refractivity contribution in [1.82, 2.24) is 4.90 Å². The van der Waals surface area contributed by atoms with Gasteiger partial charge in [0.25, 0.3) is 0 Å². The summed E-state index contributed by atoms with van der Waals surface area (Å²) >= 11 is 0. The average molecular weight is 423 g/mol. The monoisotopic (exact) mass is 422 g/mol. The highest BCUT2D eigenvalue weighted by Crippen LogP contribution is 2.32. The summed E-state index contributed by atoms with van der Waals surface area (Å²) in [5.74, 6) is -0.289. The van der Waals surface area contributed by atoms with E-state index in [0.717, 1.165) is 51.0 Å². The molecule has 1 saturated heterocycles. The summed E-state index contributed by atoms with van der Waals surface area (Å²) in [5.41, 5.74) is 6.55. The first-order valence-electron chi connectivity index (χ1n) is 11.2. The number of aryl methyl sites for hydroxylation is 1. The number of carbonyl (C=O) groups excluding carboxylic acids is 1. The molecule has 4 rings (SSSR count). The summed E-state index contributed by atoms with van der Waals surface area (Å²) in [6, 6.07) is 14.9. The summed E-state index contributed by atoms with van der Waals surface area (Å²) in [4.78, 5) is 14.3. The lowest BCUT2D eigenvalue weighted by molar-refractivity contribution is 0.0600. The van der Waals surface area contributed by atoms with Gasteiger partial charge in [0.15, 0.2) is 0 Å². The van der Waals surface area contributed by atoms with E-state index in [0.29, 0.717) is 18.0 Å². The number of esters is 1. The van der Waals surface area contributed by atoms with Gasteiger partial charge in [0.1, 0.15) is 0 Å². The fourth-order valence-corrected chi connectivity index (χ4v) is 4.65. The first-order valence-corrected chi connectivity index (χ1v) is 11.2. The van der Waals surface area contributed by atoms with E-state index in [-0.39, 0.29) is 12.6 Å². The minimum absolute atomic E-state index is 0.237. The zero-order valence-corrected chi connectivity index (χ0v) is 18.2. The molecule has 1 heterocycles. The number of rotatable bonds is 7. The van der Waals surface area contributed by atoms with Crippen molar-refractivity contribution in [3.05, 3.63) is 70.8 Å². The number of nitrogens with one attached hydrogen (secondary N) is 1. The van der Waals surface area contributed by atoms with Crippen molar-refractivity contribution in [3.63, 3.8) is 0 Å². The lowest BCUT2D eigenvalue weighted by Crippen LogP contribution is -2.27. The lowest BCUT2D eigenvalue weighted by atomic mass is 9.92. The van der Waals surface area contributed by atoms with E-state index in [1.54, 1.807) is 0 Å². The third-order valence-corrected chi connectivity index (χ3v) is 6.26. The predicted molar refractivity (Wildman–Crippen MR) is 123 cm³/mol. The van der Waals surface area contributed by atoms with Gasteiger partial charge in [-0.25, -0.2) is 4.79 Å². The molecule has 0 spiro atoms. The molecule has 2 aromatic carbocycles. The van der Waals surface area contributed by atoms with Crippen molar-refractivity contribution >= 4 is 17.2 Å². The molecule has 2 aromatic rings. The minimum atomic E-state index is -0.289. The number of carbonyl (C=O) groups is 1. The van der Waals surface area contributed by atoms with Crippen LogP contribution in [0.2, 0.25) is 0 Å². The van der Waals surface area contributed by atoms with E-state index >= 15 is 0 Å². The third-order valence-electron chi connectivity index (χ3n) is 6.26. The van der Waals surface area contributed by atoms with Gasteiger partial charge >= 0.3 is 5.97 Å². The lowest BCUT2D eigenvalue weighted by Gasteiger charge is -2.17. The Labute approximate surface area is 184 Å². The fourth-order valence-electron chi connectivity index (χ4n) is 4.65. The molecule has 31 heavy (non-hydrogen) atoms. The molecule has 4 nitrogen and oxygen atoms in total. The highest BCUT2D eigenvalue weighted by molar-refractivity contribution is 5.91. The van der Waals surface area contributed by atoms with Crippen molar-refractivity contribution in [1.29, 1.82) is 0 Å². The van der Waals surface area contributed by atoms with Crippen molar-refractivity contribution in [3.8, 4) is 0 Å². The van der Waals surface area contributed by atoms with Gasteiger partial charge in [0.2, 0.25) is 0 Å². The van der Waals surface area contributed by atoms with E-state index in [1.165, 1.54) is 29.4 Å². The number of allylic oxidation sites excluding steroid dienone is 1. The molecule has 164 valence electrons. The Morgan fingerprint density at radius 3 is 2.84 bits per heavy atom. The quantitative estimate of drug-likeness (QED) is 0.632. The van der Waals surface area contributed by atoms with Gasteiger partial charge in [0, 0.05) is 31.4 Å². The zero-order valence-electron chi connectivity index (χ0n) is 18.2. The van der Waals surface area contributed by atoms with Crippen LogP contribution in [0.1, 0.15) is 52.7 Å². The molecule has 5 heteroatoms. The van der Waals surface area contributed by atoms with Crippen LogP contribution in [0.3, 0.4) is 0 Å². The Balaban J connectivity index is 1.47. The maximum Gasteiger partial charge on any atom is 0.337 e. The largest absolute Gasteiger partial charge is 0.465 e. The van der Waals surface area contributed by atoms with E-state index in [4.69, 9.17) is 4.74 Å². The van der Waals surface area contributed by atoms with Crippen molar-refractivity contribution < 1.29 is 13.9 Å². The molecule has 0 saturated carbocycles. The smallest absolute Gasteiger partial charge is 0.337 e. The van der Waals surface area contributed by atoms with Gasteiger partial charge < -0.3 is 15.0 Å². The van der Waals surface area contributed by atoms with Crippen molar-refractivity contribution in [2.24, 2.45) is 0 Å². The Morgan fingerprint density at radius 2 is 2.06 bits per heavy atom. The van der Waals surface area contributed by atoms with Crippen LogP contribution in [0.5, 0.6) is 0 Å². The van der Waals surface area contributed by atoms with E-state index in [9.17, 15) is 9.18 Å². The molecule has 0 bridgehead atoms. The Bertz CT molecular complexity index is 939. The molecule has 0 amide bonds. The van der Waals surface area contributed by atoms with E-state index < -0.39 is 0 Å². The molecule has 1 unspecified atom stereocenters. The zero-order chi connectivity index (χ0) is 21.6. The van der Waals surface area contributed by atoms with Crippen LogP contribution in [0.25, 0.3) is 5.57 Å². The van der Waals surface area contributed by atoms with Crippen LogP contribution < -0.4 is 5.32 Å². The van der Waals surface area contributed by atoms with Gasteiger partial charge in [-0.15, -0.1) is 0 Å². The number of halogens is 1. The van der Waals surface area contributed by atoms with Crippen LogP contribution in [0.15, 0.2) is 48.5 Å². The second kappa shape index (κ2) is 10.1. The SMILES string of the molecule is COC(=O)c1ccc2c(c1)CCCC=C2c1ccc(NC2CCN(CCCF)C2)cc1. The van der Waals surface area contributed by atoms with Gasteiger partial charge in [0.05, 0.1) is 19.3 Å². The Kier molecular flexibility index (Phi) is 7.03. The molecular weight excluding hydrogens is 391 g/mol. The number of hydrogen-bond donors (Lipinski definition) is 1. The predicted octanol–water partition coefficient (Wildman–Crippen LogP) is 5.09. The first-order chi connectivity index (χ1) is 15.2. The summed E-state index contributed by atoms with van der Waals surface area (Å²) in [7, 11) is 1.42. The van der Waals surface area contributed by atoms with Crippen LogP contribution in [-0.4, -0.2) is 50.3 Å². The van der Waals surface area contributed by atoms with Crippen LogP contribution >= 0.6 is 0 Å². The number of methoxy groups -OCH3 is 1. The number of hydrogen-bond acceptors (Lipinski definition) is 4. The number of fused-ring (bicyclic) bond motifs is 1. The molecule has 0 aromatic heterocycles. The summed E-state index contributed by atoms with van der Waals surface area (Å²) in [6.45, 7) is 2.62. The highest BCUT2D eigenvalue weighted by Gasteiger charge is 2.22. The highest BCUT2D eigenvalue weighted by atomic mass is 19.1. The second-order valence-electron chi connectivity index (χ2n) is 8.42. The molecule has 1 fully saturated rings. The first kappa shape index (κ1) is 21.6. The number of likely N-dealkylation sites (tertiary alicyclic amines) is 1. The molecule has 2 aliphatic rings. The van der Waals surface area contributed by atoms with E-state index in [1.807, 2.05) is 12.1 Å². The normalized spacial score (nSPS) is 18.8. The van der Waals surface area contributed by atoms with Crippen LogP contribution in [0.4, 0.5) is 10.1 Å². The topological polar surface area (TPSA) is 41.6 Å². The molecule has 0 radical (unpaired) electrons. The van der Waals surface area contributed by atoms with Crippen LogP contribution in [0, 0.1) is 0 Å². The summed E-state index contributed by atoms with van der Waals surface area (Å²) in [6.07, 6.45) is 7.08. The van der Waals surface area contributed by atoms with Crippen molar-refractivity contribution in [2.45, 2.75) is 38.1 Å². The van der Waals surface area contributed by atoms with Crippen molar-refractivity contribution in [2.75, 3.05) is 38.7 Å². The maximum atomic E-state index is 12.4. The number of alkyl halides is 1. The molecule has 1 N–H and O–H groups in total. The van der Waals surface area contributed by atoms with Crippen LogP contribution in [-0.2, 0) is 11.2 Å². The summed E-state index contributed by atoms with van der Waals surface area (Å²) < 4.78 is 17.3. The number of nitrogens with zero attached hydrogens (tertiary/aromatic N) is 1. The third kappa shape index (κ3) is 5.16. The van der Waals surface area contributed by atoms with Gasteiger partial charge in [-0.2, -0.15) is 0 Å². The standard InChI is InChI=1S/C26H31FN2O2/c1-31-26(30)21-9-12-25-20(17-21)5-2-3-6-24(25)19-7-10-22(11-8-19)28-23-13-16-29(18-23)15-4-14-27/h6-12,17,23,28H,2-5,13-16,18H2,1H3. The Hall–Kier alpha value is -2.66. The van der Waals surface area contributed by atoms with Gasteiger partial charge in [-0.3, -0.25) is 4.39 Å². The molecule has 1 aliphatic heterocycles. The number of anilines is 1. The number of benzene rings is 2. The van der Waals surface area contributed by atoms with Gasteiger partial charge in [-0.1, -0.05) is 24.3 Å². The minimum Gasteiger partial charge on any atom is -0.465 e. The molecule has 1 atom stereocenters. The van der Waals surface area contributed by atoms with Gasteiger partial charge in [-0.05, 0) is 78.6 Å². The van der Waals surface area contributed by atoms with E-state index in [2.05, 4.69) is 46.6 Å². The molecular formula is C26H31FN2O2. The Morgan fingerprint density at radius 1 is 1.23 bits per heavy atom. The fraction of sp³-hybridized carbons (Fsp3) is 0.423. The summed E-state index contributed by atoms with van der Waals surface area (Å²) in [5, 5.41) is 3.63.